The topological polar surface area (TPSA) is 36.3 Å². The molecule has 1 aromatic rings. The molecule has 0 saturated carbocycles. The van der Waals surface area contributed by atoms with E-state index in [-0.39, 0.29) is 6.10 Å². The van der Waals surface area contributed by atoms with Crippen LogP contribution in [-0.4, -0.2) is 24.1 Å². The van der Waals surface area contributed by atoms with E-state index in [0.29, 0.717) is 6.61 Å². The summed E-state index contributed by atoms with van der Waals surface area (Å²) in [5, 5.41) is 8.54. The number of likely N-dealkylation sites (tertiary alicyclic amines) is 1. The van der Waals surface area contributed by atoms with Crippen molar-refractivity contribution in [1.82, 2.24) is 4.90 Å². The second-order valence-corrected chi connectivity index (χ2v) is 3.92. The summed E-state index contributed by atoms with van der Waals surface area (Å²) in [5.74, 6) is 0. The van der Waals surface area contributed by atoms with Crippen LogP contribution < -0.4 is 0 Å². The highest BCUT2D eigenvalue weighted by Gasteiger charge is 2.26. The molecule has 0 aromatic heterocycles. The lowest BCUT2D eigenvalue weighted by Gasteiger charge is -2.34. The van der Waals surface area contributed by atoms with Crippen LogP contribution in [0.3, 0.4) is 0 Å². The van der Waals surface area contributed by atoms with Crippen molar-refractivity contribution in [3.05, 3.63) is 35.4 Å². The predicted molar refractivity (Wildman–Crippen MR) is 56.9 cm³/mol. The fraction of sp³-hybridized carbons (Fsp3) is 0.417. The Hall–Kier alpha value is -1.53. The molecule has 3 nitrogen and oxygen atoms in total. The molecule has 0 radical (unpaired) electrons. The molecule has 2 rings (SSSR count). The van der Waals surface area contributed by atoms with Crippen molar-refractivity contribution in [2.75, 3.05) is 13.1 Å². The van der Waals surface area contributed by atoms with Gasteiger partial charge in [0.2, 0.25) is 0 Å². The van der Waals surface area contributed by atoms with Gasteiger partial charge in [0.1, 0.15) is 0 Å². The van der Waals surface area contributed by atoms with Gasteiger partial charge in [-0.15, -0.1) is 0 Å². The van der Waals surface area contributed by atoms with Crippen LogP contribution in [0.5, 0.6) is 0 Å². The molecule has 78 valence electrons. The molecule has 0 aliphatic carbocycles. The van der Waals surface area contributed by atoms with Gasteiger partial charge in [-0.2, -0.15) is 5.26 Å². The molecule has 1 fully saturated rings. The van der Waals surface area contributed by atoms with Crippen LogP contribution in [0.25, 0.3) is 0 Å². The Morgan fingerprint density at radius 2 is 2.07 bits per heavy atom. The minimum absolute atomic E-state index is 0.228. The molecule has 0 bridgehead atoms. The van der Waals surface area contributed by atoms with E-state index in [1.807, 2.05) is 0 Å². The van der Waals surface area contributed by atoms with Crippen LogP contribution in [0.1, 0.15) is 11.1 Å². The average Bonchev–Trinajstić information content (AvgIpc) is 2.19. The first kappa shape index (κ1) is 10.0. The summed E-state index contributed by atoms with van der Waals surface area (Å²) in [7, 11) is 0. The Balaban J connectivity index is 1.75. The van der Waals surface area contributed by atoms with E-state index in [9.17, 15) is 0 Å². The Bertz CT molecular complexity index is 360. The first-order valence-electron chi connectivity index (χ1n) is 5.10. The molecular weight excluding hydrogens is 188 g/mol. The zero-order chi connectivity index (χ0) is 10.7. The standard InChI is InChI=1S/C12H14N2O/c1-10-2-4-11(5-3-10)8-15-12-6-14(7-12)9-13/h2-5,12H,6-8H2,1H3. The second-order valence-electron chi connectivity index (χ2n) is 3.92. The van der Waals surface area contributed by atoms with Crippen LogP contribution in [0.2, 0.25) is 0 Å². The fourth-order valence-corrected chi connectivity index (χ4v) is 1.52. The van der Waals surface area contributed by atoms with Crippen molar-refractivity contribution in [2.24, 2.45) is 0 Å². The third-order valence-corrected chi connectivity index (χ3v) is 2.60. The first-order valence-corrected chi connectivity index (χ1v) is 5.10. The molecule has 0 spiro atoms. The fourth-order valence-electron chi connectivity index (χ4n) is 1.52. The largest absolute Gasteiger partial charge is 0.370 e. The highest BCUT2D eigenvalue weighted by atomic mass is 16.5. The summed E-state index contributed by atoms with van der Waals surface area (Å²) in [4.78, 5) is 1.69. The normalized spacial score (nSPS) is 15.9. The lowest BCUT2D eigenvalue weighted by molar-refractivity contribution is -0.0400. The van der Waals surface area contributed by atoms with E-state index in [4.69, 9.17) is 10.00 Å². The van der Waals surface area contributed by atoms with E-state index >= 15 is 0 Å². The maximum absolute atomic E-state index is 8.54. The lowest BCUT2D eigenvalue weighted by Crippen LogP contribution is -2.49. The summed E-state index contributed by atoms with van der Waals surface area (Å²) < 4.78 is 5.64. The molecule has 1 heterocycles. The number of rotatable bonds is 3. The van der Waals surface area contributed by atoms with Gasteiger partial charge in [-0.05, 0) is 12.5 Å². The summed E-state index contributed by atoms with van der Waals surface area (Å²) in [6.45, 7) is 4.19. The number of nitriles is 1. The summed E-state index contributed by atoms with van der Waals surface area (Å²) in [6.07, 6.45) is 2.32. The van der Waals surface area contributed by atoms with E-state index in [1.54, 1.807) is 4.90 Å². The zero-order valence-electron chi connectivity index (χ0n) is 8.81. The lowest BCUT2D eigenvalue weighted by atomic mass is 10.1. The van der Waals surface area contributed by atoms with Crippen molar-refractivity contribution in [3.8, 4) is 6.19 Å². The van der Waals surface area contributed by atoms with E-state index in [2.05, 4.69) is 37.4 Å². The van der Waals surface area contributed by atoms with Gasteiger partial charge in [-0.3, -0.25) is 0 Å². The Kier molecular flexibility index (Phi) is 2.89. The molecule has 1 aromatic carbocycles. The monoisotopic (exact) mass is 202 g/mol. The van der Waals surface area contributed by atoms with E-state index < -0.39 is 0 Å². The van der Waals surface area contributed by atoms with Crippen LogP contribution in [0.4, 0.5) is 0 Å². The smallest absolute Gasteiger partial charge is 0.179 e. The maximum atomic E-state index is 8.54. The Morgan fingerprint density at radius 1 is 1.40 bits per heavy atom. The third kappa shape index (κ3) is 2.48. The molecule has 0 unspecified atom stereocenters. The highest BCUT2D eigenvalue weighted by Crippen LogP contribution is 2.13. The van der Waals surface area contributed by atoms with Gasteiger partial charge < -0.3 is 9.64 Å². The second kappa shape index (κ2) is 4.33. The minimum Gasteiger partial charge on any atom is -0.370 e. The number of benzene rings is 1. The van der Waals surface area contributed by atoms with Gasteiger partial charge >= 0.3 is 0 Å². The summed E-state index contributed by atoms with van der Waals surface area (Å²) >= 11 is 0. The van der Waals surface area contributed by atoms with Crippen LogP contribution in [0, 0.1) is 18.4 Å². The summed E-state index contributed by atoms with van der Waals surface area (Å²) in [5.41, 5.74) is 2.45. The minimum atomic E-state index is 0.228. The molecule has 15 heavy (non-hydrogen) atoms. The van der Waals surface area contributed by atoms with Gasteiger partial charge in [0.15, 0.2) is 6.19 Å². The van der Waals surface area contributed by atoms with Crippen molar-refractivity contribution >= 4 is 0 Å². The third-order valence-electron chi connectivity index (χ3n) is 2.60. The van der Waals surface area contributed by atoms with Gasteiger partial charge in [-0.25, -0.2) is 0 Å². The highest BCUT2D eigenvalue weighted by molar-refractivity contribution is 5.20. The molecule has 0 N–H and O–H groups in total. The zero-order valence-corrected chi connectivity index (χ0v) is 8.81. The van der Waals surface area contributed by atoms with Crippen molar-refractivity contribution in [2.45, 2.75) is 19.6 Å². The van der Waals surface area contributed by atoms with Gasteiger partial charge in [0.05, 0.1) is 25.8 Å². The SMILES string of the molecule is Cc1ccc(COC2CN(C#N)C2)cc1. The van der Waals surface area contributed by atoms with Crippen molar-refractivity contribution in [1.29, 1.82) is 5.26 Å². The van der Waals surface area contributed by atoms with Crippen LogP contribution in [0.15, 0.2) is 24.3 Å². The van der Waals surface area contributed by atoms with Crippen LogP contribution >= 0.6 is 0 Å². The summed E-state index contributed by atoms with van der Waals surface area (Å²) in [6, 6.07) is 8.33. The van der Waals surface area contributed by atoms with E-state index in [0.717, 1.165) is 13.1 Å². The predicted octanol–water partition coefficient (Wildman–Crippen LogP) is 1.68. The molecule has 3 heteroatoms. The van der Waals surface area contributed by atoms with Gasteiger partial charge in [-0.1, -0.05) is 29.8 Å². The van der Waals surface area contributed by atoms with Crippen molar-refractivity contribution < 1.29 is 4.74 Å². The number of hydrogen-bond donors (Lipinski definition) is 0. The van der Waals surface area contributed by atoms with Gasteiger partial charge in [0, 0.05) is 0 Å². The van der Waals surface area contributed by atoms with Crippen molar-refractivity contribution in [3.63, 3.8) is 0 Å². The average molecular weight is 202 g/mol. The first-order chi connectivity index (χ1) is 7.28. The molecule has 0 atom stereocenters. The maximum Gasteiger partial charge on any atom is 0.179 e. The quantitative estimate of drug-likeness (QED) is 0.700. The molecule has 1 aliphatic rings. The number of aryl methyl sites for hydroxylation is 1. The van der Waals surface area contributed by atoms with Gasteiger partial charge in [0.25, 0.3) is 0 Å². The molecule has 0 amide bonds. The Morgan fingerprint density at radius 3 is 2.67 bits per heavy atom. The Labute approximate surface area is 89.9 Å². The molecule has 1 aliphatic heterocycles. The van der Waals surface area contributed by atoms with E-state index in [1.165, 1.54) is 11.1 Å². The molecular formula is C12H14N2O. The number of hydrogen-bond acceptors (Lipinski definition) is 3. The number of ether oxygens (including phenoxy) is 1. The number of nitrogens with zero attached hydrogens (tertiary/aromatic N) is 2. The molecule has 1 saturated heterocycles. The van der Waals surface area contributed by atoms with Crippen LogP contribution in [-0.2, 0) is 11.3 Å².